The van der Waals surface area contributed by atoms with Gasteiger partial charge in [-0.1, -0.05) is 11.6 Å². The summed E-state index contributed by atoms with van der Waals surface area (Å²) in [6.45, 7) is 0. The number of rotatable bonds is 3. The second-order valence-corrected chi connectivity index (χ2v) is 6.33. The maximum Gasteiger partial charge on any atom is 0.303 e. The topological polar surface area (TPSA) is 63.1 Å². The molecule has 0 fully saturated rings. The molecule has 100 valence electrons. The van der Waals surface area contributed by atoms with Crippen molar-refractivity contribution in [1.82, 2.24) is 9.97 Å². The summed E-state index contributed by atoms with van der Waals surface area (Å²) in [4.78, 5) is 21.2. The van der Waals surface area contributed by atoms with Gasteiger partial charge in [0, 0.05) is 11.3 Å². The van der Waals surface area contributed by atoms with Gasteiger partial charge in [0.05, 0.1) is 5.39 Å². The van der Waals surface area contributed by atoms with E-state index in [1.54, 1.807) is 11.3 Å². The highest BCUT2D eigenvalue weighted by Crippen LogP contribution is 2.40. The van der Waals surface area contributed by atoms with Crippen molar-refractivity contribution in [1.29, 1.82) is 0 Å². The van der Waals surface area contributed by atoms with Crippen LogP contribution in [0.4, 0.5) is 0 Å². The van der Waals surface area contributed by atoms with E-state index in [0.29, 0.717) is 11.1 Å². The smallest absolute Gasteiger partial charge is 0.303 e. The van der Waals surface area contributed by atoms with E-state index in [-0.39, 0.29) is 6.42 Å². The first kappa shape index (κ1) is 12.8. The molecule has 1 aliphatic rings. The van der Waals surface area contributed by atoms with E-state index in [4.69, 9.17) is 16.7 Å². The Morgan fingerprint density at radius 2 is 2.37 bits per heavy atom. The number of hydrogen-bond donors (Lipinski definition) is 1. The van der Waals surface area contributed by atoms with Crippen molar-refractivity contribution in [3.8, 4) is 0 Å². The molecule has 2 aromatic rings. The molecule has 3 rings (SSSR count). The lowest BCUT2D eigenvalue weighted by Crippen LogP contribution is -2.13. The van der Waals surface area contributed by atoms with Gasteiger partial charge >= 0.3 is 5.97 Å². The van der Waals surface area contributed by atoms with E-state index < -0.39 is 5.97 Å². The van der Waals surface area contributed by atoms with Gasteiger partial charge < -0.3 is 5.11 Å². The maximum atomic E-state index is 10.6. The number of aryl methyl sites for hydroxylation is 1. The van der Waals surface area contributed by atoms with Crippen molar-refractivity contribution in [3.05, 3.63) is 21.9 Å². The molecule has 4 nitrogen and oxygen atoms in total. The minimum atomic E-state index is -0.712. The summed E-state index contributed by atoms with van der Waals surface area (Å²) in [6.07, 6.45) is 5.42. The highest BCUT2D eigenvalue weighted by Gasteiger charge is 2.24. The fourth-order valence-corrected chi connectivity index (χ4v) is 4.32. The van der Waals surface area contributed by atoms with Gasteiger partial charge in [0.25, 0.3) is 0 Å². The maximum absolute atomic E-state index is 10.6. The quantitative estimate of drug-likeness (QED) is 0.883. The third-order valence-corrected chi connectivity index (χ3v) is 5.12. The molecule has 19 heavy (non-hydrogen) atoms. The van der Waals surface area contributed by atoms with Crippen LogP contribution in [0, 0.1) is 5.92 Å². The fraction of sp³-hybridized carbons (Fsp3) is 0.462. The van der Waals surface area contributed by atoms with Gasteiger partial charge in [-0.2, -0.15) is 0 Å². The van der Waals surface area contributed by atoms with Gasteiger partial charge in [-0.25, -0.2) is 9.97 Å². The summed E-state index contributed by atoms with van der Waals surface area (Å²) < 4.78 is 0. The van der Waals surface area contributed by atoms with Crippen LogP contribution in [0.1, 0.15) is 29.7 Å². The number of thiophene rings is 1. The first-order valence-electron chi connectivity index (χ1n) is 6.27. The van der Waals surface area contributed by atoms with Crippen LogP contribution < -0.4 is 0 Å². The fourth-order valence-electron chi connectivity index (χ4n) is 2.71. The predicted octanol–water partition coefficient (Wildman–Crippen LogP) is 3.31. The molecule has 6 heteroatoms. The molecule has 1 unspecified atom stereocenters. The molecule has 0 aliphatic heterocycles. The second kappa shape index (κ2) is 5.06. The van der Waals surface area contributed by atoms with Gasteiger partial charge in [0.2, 0.25) is 0 Å². The van der Waals surface area contributed by atoms with Crippen LogP contribution in [0.25, 0.3) is 10.2 Å². The monoisotopic (exact) mass is 296 g/mol. The van der Waals surface area contributed by atoms with E-state index in [9.17, 15) is 4.79 Å². The van der Waals surface area contributed by atoms with Crippen LogP contribution in [-0.2, 0) is 17.6 Å². The molecule has 0 radical (unpaired) electrons. The van der Waals surface area contributed by atoms with Crippen molar-refractivity contribution < 1.29 is 9.90 Å². The van der Waals surface area contributed by atoms with Crippen molar-refractivity contribution in [2.75, 3.05) is 0 Å². The van der Waals surface area contributed by atoms with E-state index in [0.717, 1.165) is 35.9 Å². The van der Waals surface area contributed by atoms with Crippen LogP contribution in [0.2, 0.25) is 5.15 Å². The number of hydrogen-bond acceptors (Lipinski definition) is 4. The number of aromatic nitrogens is 2. The number of halogens is 1. The molecule has 1 N–H and O–H groups in total. The van der Waals surface area contributed by atoms with Gasteiger partial charge in [0.15, 0.2) is 0 Å². The van der Waals surface area contributed by atoms with Crippen LogP contribution in [-0.4, -0.2) is 21.0 Å². The highest BCUT2D eigenvalue weighted by molar-refractivity contribution is 7.19. The minimum Gasteiger partial charge on any atom is -0.481 e. The molecular weight excluding hydrogens is 284 g/mol. The second-order valence-electron chi connectivity index (χ2n) is 4.89. The summed E-state index contributed by atoms with van der Waals surface area (Å²) in [5.74, 6) is -0.251. The van der Waals surface area contributed by atoms with Crippen molar-refractivity contribution in [2.45, 2.75) is 32.1 Å². The number of fused-ring (bicyclic) bond motifs is 3. The Morgan fingerprint density at radius 1 is 1.53 bits per heavy atom. The Balaban J connectivity index is 1.88. The average Bonchev–Trinajstić information content (AvgIpc) is 2.75. The molecule has 0 saturated carbocycles. The Hall–Kier alpha value is -1.20. The normalized spacial score (nSPS) is 18.5. The molecule has 1 atom stereocenters. The molecule has 0 amide bonds. The third kappa shape index (κ3) is 2.44. The van der Waals surface area contributed by atoms with Crippen molar-refractivity contribution in [3.63, 3.8) is 0 Å². The third-order valence-electron chi connectivity index (χ3n) is 3.67. The zero-order valence-electron chi connectivity index (χ0n) is 10.2. The van der Waals surface area contributed by atoms with Crippen molar-refractivity contribution in [2.24, 2.45) is 5.92 Å². The Labute approximate surface area is 119 Å². The van der Waals surface area contributed by atoms with Gasteiger partial charge in [-0.15, -0.1) is 11.3 Å². The van der Waals surface area contributed by atoms with Crippen molar-refractivity contribution >= 4 is 39.1 Å². The number of nitrogens with zero attached hydrogens (tertiary/aromatic N) is 2. The number of carbonyl (C=O) groups is 1. The van der Waals surface area contributed by atoms with E-state index in [2.05, 4.69) is 9.97 Å². The lowest BCUT2D eigenvalue weighted by molar-refractivity contribution is -0.137. The average molecular weight is 297 g/mol. The zero-order chi connectivity index (χ0) is 13.4. The molecule has 1 aliphatic carbocycles. The lowest BCUT2D eigenvalue weighted by atomic mass is 9.85. The lowest BCUT2D eigenvalue weighted by Gasteiger charge is -2.21. The Morgan fingerprint density at radius 3 is 3.16 bits per heavy atom. The summed E-state index contributed by atoms with van der Waals surface area (Å²) >= 11 is 7.82. The van der Waals surface area contributed by atoms with Crippen LogP contribution in [0.5, 0.6) is 0 Å². The molecule has 2 heterocycles. The number of aliphatic carboxylic acids is 1. The number of carboxylic acids is 1. The zero-order valence-corrected chi connectivity index (χ0v) is 11.8. The van der Waals surface area contributed by atoms with E-state index >= 15 is 0 Å². The molecule has 2 aromatic heterocycles. The number of carboxylic acid groups (broad SMARTS) is 1. The standard InChI is InChI=1S/C13H13ClN2O2S/c14-12-11-8-3-1-7(2-4-10(17)18)5-9(8)19-13(11)16-6-15-12/h6-7H,1-5H2,(H,17,18). The molecule has 0 bridgehead atoms. The first-order chi connectivity index (χ1) is 9.15. The van der Waals surface area contributed by atoms with E-state index in [1.807, 2.05) is 0 Å². The van der Waals surface area contributed by atoms with Crippen LogP contribution in [0.15, 0.2) is 6.33 Å². The minimum absolute atomic E-state index is 0.255. The molecule has 0 saturated heterocycles. The highest BCUT2D eigenvalue weighted by atomic mass is 35.5. The van der Waals surface area contributed by atoms with Gasteiger partial charge in [-0.3, -0.25) is 4.79 Å². The summed E-state index contributed by atoms with van der Waals surface area (Å²) in [7, 11) is 0. The molecule has 0 aromatic carbocycles. The van der Waals surface area contributed by atoms with Gasteiger partial charge in [0.1, 0.15) is 16.3 Å². The first-order valence-corrected chi connectivity index (χ1v) is 7.47. The molecular formula is C13H13ClN2O2S. The van der Waals surface area contributed by atoms with Crippen LogP contribution >= 0.6 is 22.9 Å². The summed E-state index contributed by atoms with van der Waals surface area (Å²) in [5.41, 5.74) is 1.28. The summed E-state index contributed by atoms with van der Waals surface area (Å²) in [6, 6.07) is 0. The predicted molar refractivity (Wildman–Crippen MR) is 74.8 cm³/mol. The Bertz CT molecular complexity index is 641. The van der Waals surface area contributed by atoms with Gasteiger partial charge in [-0.05, 0) is 37.2 Å². The molecule has 0 spiro atoms. The van der Waals surface area contributed by atoms with E-state index in [1.165, 1.54) is 16.8 Å². The van der Waals surface area contributed by atoms with Crippen LogP contribution in [0.3, 0.4) is 0 Å². The largest absolute Gasteiger partial charge is 0.481 e. The SMILES string of the molecule is O=C(O)CCC1CCc2c(sc3ncnc(Cl)c23)C1. The summed E-state index contributed by atoms with van der Waals surface area (Å²) in [5, 5.41) is 10.3. The Kier molecular flexibility index (Phi) is 3.41.